The topological polar surface area (TPSA) is 72.8 Å². The number of ketones is 1. The molecule has 1 aromatic heterocycles. The van der Waals surface area contributed by atoms with Crippen molar-refractivity contribution in [3.8, 4) is 5.75 Å². The first-order valence-corrected chi connectivity index (χ1v) is 13.7. The number of hydrogen-bond acceptors (Lipinski definition) is 5. The van der Waals surface area contributed by atoms with E-state index in [1.807, 2.05) is 55.1 Å². The third kappa shape index (κ3) is 7.30. The highest BCUT2D eigenvalue weighted by molar-refractivity contribution is 6.00. The molecule has 0 fully saturated rings. The zero-order valence-electron chi connectivity index (χ0n) is 24.3. The Morgan fingerprint density at radius 3 is 2.59 bits per heavy atom. The minimum atomic E-state index is -0.0991. The van der Waals surface area contributed by atoms with E-state index in [2.05, 4.69) is 36.8 Å². The van der Waals surface area contributed by atoms with Crippen LogP contribution in [0.15, 0.2) is 36.4 Å². The van der Waals surface area contributed by atoms with E-state index >= 15 is 0 Å². The van der Waals surface area contributed by atoms with Crippen LogP contribution >= 0.6 is 0 Å². The summed E-state index contributed by atoms with van der Waals surface area (Å²) in [4.78, 5) is 28.1. The molecule has 0 radical (unpaired) electrons. The summed E-state index contributed by atoms with van der Waals surface area (Å²) < 4.78 is 12.4. The summed E-state index contributed by atoms with van der Waals surface area (Å²) in [6.45, 7) is 10.2. The van der Waals surface area contributed by atoms with Crippen molar-refractivity contribution in [2.45, 2.75) is 39.5 Å². The summed E-state index contributed by atoms with van der Waals surface area (Å²) in [5.74, 6) is 1.19. The van der Waals surface area contributed by atoms with E-state index in [0.717, 1.165) is 64.2 Å². The molecule has 7 nitrogen and oxygen atoms in total. The van der Waals surface area contributed by atoms with E-state index in [9.17, 15) is 9.59 Å². The molecule has 7 heteroatoms. The molecular formula is C32H43N3O4. The van der Waals surface area contributed by atoms with Crippen LogP contribution in [0.25, 0.3) is 23.7 Å². The van der Waals surface area contributed by atoms with E-state index < -0.39 is 0 Å². The Balaban J connectivity index is 1.72. The lowest BCUT2D eigenvalue weighted by Crippen LogP contribution is -2.36. The summed E-state index contributed by atoms with van der Waals surface area (Å²) in [7, 11) is 7.25. The van der Waals surface area contributed by atoms with E-state index in [-0.39, 0.29) is 11.7 Å². The molecule has 2 aromatic carbocycles. The molecule has 210 valence electrons. The fourth-order valence-corrected chi connectivity index (χ4v) is 5.12. The highest BCUT2D eigenvalue weighted by atomic mass is 16.5. The largest absolute Gasteiger partial charge is 0.497 e. The molecule has 1 unspecified atom stereocenters. The summed E-state index contributed by atoms with van der Waals surface area (Å²) in [5.41, 5.74) is 3.40. The Morgan fingerprint density at radius 1 is 1.15 bits per heavy atom. The van der Waals surface area contributed by atoms with E-state index in [4.69, 9.17) is 9.47 Å². The quantitative estimate of drug-likeness (QED) is 0.251. The molecule has 1 N–H and O–H groups in total. The van der Waals surface area contributed by atoms with Gasteiger partial charge in [0.05, 0.1) is 19.4 Å². The van der Waals surface area contributed by atoms with Gasteiger partial charge in [0.1, 0.15) is 5.75 Å². The van der Waals surface area contributed by atoms with Crippen molar-refractivity contribution in [2.24, 2.45) is 13.0 Å². The van der Waals surface area contributed by atoms with Gasteiger partial charge in [-0.3, -0.25) is 9.59 Å². The number of hydrogen-bond donors (Lipinski definition) is 1. The van der Waals surface area contributed by atoms with Crippen LogP contribution in [0.1, 0.15) is 59.5 Å². The van der Waals surface area contributed by atoms with Crippen LogP contribution in [-0.4, -0.2) is 62.1 Å². The molecule has 0 saturated heterocycles. The predicted molar refractivity (Wildman–Crippen MR) is 159 cm³/mol. The van der Waals surface area contributed by atoms with E-state index in [0.29, 0.717) is 31.1 Å². The van der Waals surface area contributed by atoms with Crippen molar-refractivity contribution in [1.82, 2.24) is 14.8 Å². The van der Waals surface area contributed by atoms with Crippen molar-refractivity contribution in [3.63, 3.8) is 0 Å². The van der Waals surface area contributed by atoms with Crippen LogP contribution in [0.4, 0.5) is 0 Å². The van der Waals surface area contributed by atoms with Gasteiger partial charge in [0.2, 0.25) is 0 Å². The first-order valence-electron chi connectivity index (χ1n) is 13.7. The Kier molecular flexibility index (Phi) is 10.8. The lowest BCUT2D eigenvalue weighted by molar-refractivity contribution is 0.0934. The summed E-state index contributed by atoms with van der Waals surface area (Å²) >= 11 is 0. The highest BCUT2D eigenvalue weighted by Gasteiger charge is 2.17. The fraction of sp³-hybridized carbons (Fsp3) is 0.438. The number of amides is 1. The predicted octanol–water partition coefficient (Wildman–Crippen LogP) is 3.89. The van der Waals surface area contributed by atoms with Gasteiger partial charge in [-0.05, 0) is 59.9 Å². The zero-order valence-corrected chi connectivity index (χ0v) is 24.3. The summed E-state index contributed by atoms with van der Waals surface area (Å²) in [5, 5.41) is 5.80. The normalized spacial score (nSPS) is 12.5. The number of carbonyl (C=O) groups excluding carboxylic acids is 2. The maximum Gasteiger partial charge on any atom is 0.251 e. The second-order valence-electron chi connectivity index (χ2n) is 10.1. The van der Waals surface area contributed by atoms with Gasteiger partial charge in [0, 0.05) is 68.6 Å². The standard InChI is InChI=1S/C32H43N3O4/c1-8-23(11-15-31(36)30-19-24-18-25(39-7)12-14-29(24)35(30)5)20-34(4)21-28-22(3)10-13-27(26(28)9-2)32(37)33-16-17-38-6/h10,12-14,18-19,21,23H,3,8-9,11,15-17,20H2,1-2,4-7H3,(H,33,37)/b28-21+. The van der Waals surface area contributed by atoms with Gasteiger partial charge in [-0.1, -0.05) is 32.9 Å². The van der Waals surface area contributed by atoms with Crippen LogP contribution < -0.4 is 20.5 Å². The van der Waals surface area contributed by atoms with E-state index in [1.54, 1.807) is 14.2 Å². The maximum atomic E-state index is 13.2. The van der Waals surface area contributed by atoms with Crippen molar-refractivity contribution in [2.75, 3.05) is 41.0 Å². The number of benzene rings is 2. The minimum Gasteiger partial charge on any atom is -0.497 e. The third-order valence-electron chi connectivity index (χ3n) is 7.43. The van der Waals surface area contributed by atoms with Crippen molar-refractivity contribution in [1.29, 1.82) is 0 Å². The number of nitrogens with one attached hydrogen (secondary N) is 1. The Morgan fingerprint density at radius 2 is 1.92 bits per heavy atom. The smallest absolute Gasteiger partial charge is 0.251 e. The second kappa shape index (κ2) is 14.0. The molecule has 0 spiro atoms. The number of carbonyl (C=O) groups is 2. The lowest BCUT2D eigenvalue weighted by Gasteiger charge is -2.22. The minimum absolute atomic E-state index is 0.0991. The fourth-order valence-electron chi connectivity index (χ4n) is 5.12. The maximum absolute atomic E-state index is 13.2. The number of nitrogens with zero attached hydrogens (tertiary/aromatic N) is 2. The van der Waals surface area contributed by atoms with E-state index in [1.165, 1.54) is 0 Å². The van der Waals surface area contributed by atoms with Crippen LogP contribution in [0.5, 0.6) is 5.75 Å². The summed E-state index contributed by atoms with van der Waals surface area (Å²) in [6, 6.07) is 11.6. The molecule has 1 heterocycles. The Bertz CT molecular complexity index is 1410. The molecule has 0 aliphatic rings. The number of fused-ring (bicyclic) bond motifs is 1. The molecule has 0 saturated carbocycles. The number of rotatable bonds is 14. The molecule has 39 heavy (non-hydrogen) atoms. The van der Waals surface area contributed by atoms with Crippen molar-refractivity contribution >= 4 is 35.4 Å². The third-order valence-corrected chi connectivity index (χ3v) is 7.43. The van der Waals surface area contributed by atoms with Gasteiger partial charge >= 0.3 is 0 Å². The van der Waals surface area contributed by atoms with Crippen LogP contribution in [0.3, 0.4) is 0 Å². The molecular weight excluding hydrogens is 490 g/mol. The highest BCUT2D eigenvalue weighted by Crippen LogP contribution is 2.25. The number of methoxy groups -OCH3 is 2. The van der Waals surface area contributed by atoms with Gasteiger partial charge in [-0.25, -0.2) is 0 Å². The van der Waals surface area contributed by atoms with Crippen molar-refractivity contribution in [3.05, 3.63) is 63.7 Å². The first-order chi connectivity index (χ1) is 18.7. The number of ether oxygens (including phenoxy) is 2. The van der Waals surface area contributed by atoms with Crippen LogP contribution in [-0.2, 0) is 18.2 Å². The average molecular weight is 534 g/mol. The summed E-state index contributed by atoms with van der Waals surface area (Å²) in [6.07, 6.45) is 5.08. The molecule has 3 rings (SSSR count). The molecule has 1 atom stereocenters. The van der Waals surface area contributed by atoms with Gasteiger partial charge in [0.15, 0.2) is 5.78 Å². The van der Waals surface area contributed by atoms with Crippen molar-refractivity contribution < 1.29 is 19.1 Å². The molecule has 3 aromatic rings. The number of aromatic nitrogens is 1. The molecule has 0 bridgehead atoms. The average Bonchev–Trinajstić information content (AvgIpc) is 3.27. The van der Waals surface area contributed by atoms with Crippen LogP contribution in [0, 0.1) is 5.92 Å². The Hall–Kier alpha value is -3.58. The van der Waals surface area contributed by atoms with Gasteiger partial charge < -0.3 is 24.3 Å². The number of Topliss-reactive ketones (excluding diaryl/α,β-unsaturated/α-hetero) is 1. The first kappa shape index (κ1) is 30.0. The van der Waals surface area contributed by atoms with Gasteiger partial charge in [-0.15, -0.1) is 0 Å². The second-order valence-corrected chi connectivity index (χ2v) is 10.1. The molecule has 0 aliphatic heterocycles. The molecule has 1 amide bonds. The number of aryl methyl sites for hydroxylation is 1. The zero-order chi connectivity index (χ0) is 28.5. The van der Waals surface area contributed by atoms with Gasteiger partial charge in [-0.2, -0.15) is 0 Å². The van der Waals surface area contributed by atoms with Gasteiger partial charge in [0.25, 0.3) is 5.91 Å². The lowest BCUT2D eigenvalue weighted by atomic mass is 9.97. The SMILES string of the molecule is C=c1ccc(C(=O)NCCOC)c(CC)/c1=C/N(C)CC(CC)CCC(=O)c1cc2cc(OC)ccc2n1C. The molecule has 0 aliphatic carbocycles. The van der Waals surface area contributed by atoms with Crippen LogP contribution in [0.2, 0.25) is 0 Å². The Labute approximate surface area is 232 Å². The monoisotopic (exact) mass is 533 g/mol.